The molecule has 7 atom stereocenters. The molecule has 0 aliphatic heterocycles. The van der Waals surface area contributed by atoms with Gasteiger partial charge in [-0.05, 0) is 103 Å². The van der Waals surface area contributed by atoms with Gasteiger partial charge in [-0.3, -0.25) is 9.78 Å². The number of pyridine rings is 1. The summed E-state index contributed by atoms with van der Waals surface area (Å²) < 4.78 is 5.62. The Hall–Kier alpha value is -1.64. The largest absolute Gasteiger partial charge is 0.463 e. The van der Waals surface area contributed by atoms with Gasteiger partial charge in [-0.15, -0.1) is 0 Å². The molecule has 0 radical (unpaired) electrons. The molecule has 1 heterocycles. The van der Waals surface area contributed by atoms with Crippen molar-refractivity contribution in [2.75, 3.05) is 0 Å². The van der Waals surface area contributed by atoms with Gasteiger partial charge in [0, 0.05) is 19.3 Å². The molecule has 1 aromatic heterocycles. The molecule has 0 spiro atoms. The van der Waals surface area contributed by atoms with E-state index in [-0.39, 0.29) is 12.1 Å². The van der Waals surface area contributed by atoms with Gasteiger partial charge < -0.3 is 4.74 Å². The van der Waals surface area contributed by atoms with E-state index in [1.807, 2.05) is 6.20 Å². The first-order chi connectivity index (χ1) is 13.9. The predicted molar refractivity (Wildman–Crippen MR) is 115 cm³/mol. The molecule has 4 aliphatic rings. The molecule has 2 unspecified atom stereocenters. The summed E-state index contributed by atoms with van der Waals surface area (Å²) in [6, 6.07) is 4.32. The third-order valence-corrected chi connectivity index (χ3v) is 9.50. The van der Waals surface area contributed by atoms with E-state index >= 15 is 0 Å². The van der Waals surface area contributed by atoms with Crippen molar-refractivity contribution in [1.29, 1.82) is 0 Å². The SMILES string of the molecule is CC(=O)OC1CC[C@@]2(C)C(CC[C@@H]3[C@H]2CC[C@]2(C)C(c4cccnc4)=CC[C@@H]32)C1. The molecule has 3 fully saturated rings. The van der Waals surface area contributed by atoms with E-state index in [0.29, 0.717) is 10.8 Å². The molecule has 5 rings (SSSR count). The number of aromatic nitrogens is 1. The molecule has 29 heavy (non-hydrogen) atoms. The summed E-state index contributed by atoms with van der Waals surface area (Å²) in [6.07, 6.45) is 16.5. The molecule has 0 N–H and O–H groups in total. The van der Waals surface area contributed by atoms with Crippen molar-refractivity contribution in [2.45, 2.75) is 78.2 Å². The Kier molecular flexibility index (Phi) is 4.64. The first-order valence-electron chi connectivity index (χ1n) is 11.7. The van der Waals surface area contributed by atoms with Crippen LogP contribution in [0.15, 0.2) is 30.6 Å². The number of rotatable bonds is 2. The summed E-state index contributed by atoms with van der Waals surface area (Å²) in [6.45, 7) is 6.66. The second kappa shape index (κ2) is 6.96. The van der Waals surface area contributed by atoms with Crippen LogP contribution in [-0.2, 0) is 9.53 Å². The molecule has 3 saturated carbocycles. The van der Waals surface area contributed by atoms with Crippen LogP contribution < -0.4 is 0 Å². The molecule has 1 aromatic rings. The van der Waals surface area contributed by atoms with Crippen molar-refractivity contribution in [3.63, 3.8) is 0 Å². The lowest BCUT2D eigenvalue weighted by atomic mass is 9.44. The zero-order chi connectivity index (χ0) is 20.2. The van der Waals surface area contributed by atoms with E-state index < -0.39 is 0 Å². The quantitative estimate of drug-likeness (QED) is 0.574. The number of hydrogen-bond donors (Lipinski definition) is 0. The van der Waals surface area contributed by atoms with Crippen LogP contribution in [0, 0.1) is 34.5 Å². The smallest absolute Gasteiger partial charge is 0.302 e. The average Bonchev–Trinajstić information content (AvgIpc) is 3.06. The maximum atomic E-state index is 11.5. The standard InChI is InChI=1S/C26H35NO2/c1-17(28)29-20-10-12-25(2)19(15-20)6-7-21-23-9-8-22(18-5-4-14-27-16-18)26(23,3)13-11-24(21)25/h4-5,8,14,16,19-21,23-24H,6-7,9-13,15H2,1-3H3/t19?,20?,21-,23-,24+,25-,26+/m0/s1. The third kappa shape index (κ3) is 2.99. The van der Waals surface area contributed by atoms with Gasteiger partial charge in [-0.2, -0.15) is 0 Å². The highest BCUT2D eigenvalue weighted by Gasteiger charge is 2.58. The number of allylic oxidation sites excluding steroid dienone is 2. The van der Waals surface area contributed by atoms with Crippen LogP contribution in [0.2, 0.25) is 0 Å². The highest BCUT2D eigenvalue weighted by Crippen LogP contribution is 2.67. The van der Waals surface area contributed by atoms with Gasteiger partial charge in [-0.1, -0.05) is 26.0 Å². The van der Waals surface area contributed by atoms with Crippen LogP contribution in [0.5, 0.6) is 0 Å². The van der Waals surface area contributed by atoms with Crippen molar-refractivity contribution in [3.05, 3.63) is 36.2 Å². The van der Waals surface area contributed by atoms with Gasteiger partial charge in [0.25, 0.3) is 0 Å². The number of fused-ring (bicyclic) bond motifs is 5. The molecule has 0 amide bonds. The maximum absolute atomic E-state index is 11.5. The van der Waals surface area contributed by atoms with Crippen LogP contribution in [0.1, 0.15) is 77.7 Å². The molecule has 0 aromatic carbocycles. The van der Waals surface area contributed by atoms with Crippen LogP contribution >= 0.6 is 0 Å². The van der Waals surface area contributed by atoms with Crippen molar-refractivity contribution in [2.24, 2.45) is 34.5 Å². The number of nitrogens with zero attached hydrogens (tertiary/aromatic N) is 1. The molecule has 0 saturated heterocycles. The van der Waals surface area contributed by atoms with E-state index in [4.69, 9.17) is 4.74 Å². The normalized spacial score (nSPS) is 43.6. The van der Waals surface area contributed by atoms with Crippen LogP contribution in [0.3, 0.4) is 0 Å². The van der Waals surface area contributed by atoms with Crippen LogP contribution in [0.4, 0.5) is 0 Å². The Labute approximate surface area is 175 Å². The minimum Gasteiger partial charge on any atom is -0.463 e. The summed E-state index contributed by atoms with van der Waals surface area (Å²) in [5, 5.41) is 0. The fourth-order valence-corrected chi connectivity index (χ4v) is 8.10. The number of hydrogen-bond acceptors (Lipinski definition) is 3. The van der Waals surface area contributed by atoms with Gasteiger partial charge in [0.2, 0.25) is 0 Å². The fraction of sp³-hybridized carbons (Fsp3) is 0.692. The van der Waals surface area contributed by atoms with Crippen molar-refractivity contribution >= 4 is 11.5 Å². The van der Waals surface area contributed by atoms with E-state index in [9.17, 15) is 4.79 Å². The van der Waals surface area contributed by atoms with Crippen molar-refractivity contribution in [1.82, 2.24) is 4.98 Å². The van der Waals surface area contributed by atoms with Gasteiger partial charge in [-0.25, -0.2) is 0 Å². The topological polar surface area (TPSA) is 39.2 Å². The second-order valence-corrected chi connectivity index (χ2v) is 10.7. The van der Waals surface area contributed by atoms with Gasteiger partial charge in [0.05, 0.1) is 0 Å². The van der Waals surface area contributed by atoms with Crippen LogP contribution in [-0.4, -0.2) is 17.1 Å². The lowest BCUT2D eigenvalue weighted by Gasteiger charge is -2.60. The number of carbonyl (C=O) groups excluding carboxylic acids is 1. The Morgan fingerprint density at radius 1 is 1.14 bits per heavy atom. The lowest BCUT2D eigenvalue weighted by molar-refractivity contribution is -0.158. The minimum absolute atomic E-state index is 0.110. The molecular formula is C26H35NO2. The van der Waals surface area contributed by atoms with Gasteiger partial charge >= 0.3 is 5.97 Å². The monoisotopic (exact) mass is 393 g/mol. The second-order valence-electron chi connectivity index (χ2n) is 10.7. The summed E-state index contributed by atoms with van der Waals surface area (Å²) in [7, 11) is 0. The molecule has 3 nitrogen and oxygen atoms in total. The first kappa shape index (κ1) is 19.3. The summed E-state index contributed by atoms with van der Waals surface area (Å²) >= 11 is 0. The van der Waals surface area contributed by atoms with Crippen LogP contribution in [0.25, 0.3) is 5.57 Å². The fourth-order valence-electron chi connectivity index (χ4n) is 8.10. The first-order valence-corrected chi connectivity index (χ1v) is 11.7. The average molecular weight is 394 g/mol. The van der Waals surface area contributed by atoms with Gasteiger partial charge in [0.1, 0.15) is 6.10 Å². The molecular weight excluding hydrogens is 358 g/mol. The number of ether oxygens (including phenoxy) is 1. The number of esters is 1. The zero-order valence-corrected chi connectivity index (χ0v) is 18.2. The lowest BCUT2D eigenvalue weighted by Crippen LogP contribution is -2.53. The zero-order valence-electron chi connectivity index (χ0n) is 18.2. The predicted octanol–water partition coefficient (Wildman–Crippen LogP) is 6.05. The molecule has 4 aliphatic carbocycles. The molecule has 156 valence electrons. The van der Waals surface area contributed by atoms with E-state index in [2.05, 4.69) is 43.2 Å². The van der Waals surface area contributed by atoms with Crippen molar-refractivity contribution in [3.8, 4) is 0 Å². The Bertz CT molecular complexity index is 817. The summed E-state index contributed by atoms with van der Waals surface area (Å²) in [4.78, 5) is 15.9. The number of carbonyl (C=O) groups is 1. The van der Waals surface area contributed by atoms with Gasteiger partial charge in [0.15, 0.2) is 0 Å². The third-order valence-electron chi connectivity index (χ3n) is 9.50. The Morgan fingerprint density at radius 2 is 2.00 bits per heavy atom. The minimum atomic E-state index is -0.110. The van der Waals surface area contributed by atoms with E-state index in [0.717, 1.165) is 36.5 Å². The van der Waals surface area contributed by atoms with E-state index in [1.54, 1.807) is 12.5 Å². The summed E-state index contributed by atoms with van der Waals surface area (Å²) in [5.74, 6) is 3.06. The molecule has 0 bridgehead atoms. The highest BCUT2D eigenvalue weighted by atomic mass is 16.5. The summed E-state index contributed by atoms with van der Waals surface area (Å²) in [5.41, 5.74) is 3.62. The molecule has 3 heteroatoms. The van der Waals surface area contributed by atoms with Crippen molar-refractivity contribution < 1.29 is 9.53 Å². The Balaban J connectivity index is 1.37. The Morgan fingerprint density at radius 3 is 2.76 bits per heavy atom. The van der Waals surface area contributed by atoms with E-state index in [1.165, 1.54) is 44.1 Å². The maximum Gasteiger partial charge on any atom is 0.302 e. The highest BCUT2D eigenvalue weighted by molar-refractivity contribution is 5.72.